The van der Waals surface area contributed by atoms with Gasteiger partial charge in [-0.05, 0) is 316 Å². The quantitative estimate of drug-likeness (QED) is 0.0434. The number of tetrazole rings is 3. The molecule has 12 aliphatic carbocycles. The molecule has 0 spiro atoms. The van der Waals surface area contributed by atoms with Gasteiger partial charge in [-0.3, -0.25) is 14.4 Å². The first-order valence-corrected chi connectivity index (χ1v) is 55.7. The second-order valence-corrected chi connectivity index (χ2v) is 56.2. The number of carboxylic acids is 3. The summed E-state index contributed by atoms with van der Waals surface area (Å²) in [5, 5.41) is 72.3. The molecule has 0 amide bonds. The van der Waals surface area contributed by atoms with Crippen molar-refractivity contribution in [1.82, 2.24) is 61.0 Å². The number of aromatic amines is 1. The molecule has 142 heavy (non-hydrogen) atoms. The number of nitrogens with zero attached hydrogens (tertiary/aromatic N) is 11. The first-order chi connectivity index (χ1) is 65.8. The fraction of sp³-hybridized carbons (Fsp3) is 0.896. The van der Waals surface area contributed by atoms with Gasteiger partial charge in [0.25, 0.3) is 0 Å². The van der Waals surface area contributed by atoms with E-state index in [1.807, 2.05) is 23.3 Å². The van der Waals surface area contributed by atoms with Crippen LogP contribution in [0.3, 0.4) is 0 Å². The Morgan fingerprint density at radius 2 is 0.768 bits per heavy atom. The van der Waals surface area contributed by atoms with Crippen molar-refractivity contribution >= 4 is 17.9 Å². The van der Waals surface area contributed by atoms with Crippen molar-refractivity contribution in [2.24, 2.45) is 211 Å². The Hall–Kier alpha value is -5.52. The summed E-state index contributed by atoms with van der Waals surface area (Å²) in [6.07, 6.45) is 25.2. The molecule has 12 fully saturated rings. The molecule has 6 bridgehead atoms. The first-order valence-electron chi connectivity index (χ1n) is 55.7. The molecule has 3 aromatic rings. The molecule has 10 N–H and O–H groups in total. The second-order valence-electron chi connectivity index (χ2n) is 56.2. The molecule has 36 atom stereocenters. The summed E-state index contributed by atoms with van der Waals surface area (Å²) < 4.78 is 42.8. The molecule has 15 aliphatic rings. The molecule has 27 nitrogen and oxygen atoms in total. The summed E-state index contributed by atoms with van der Waals surface area (Å²) in [5.74, 6) is 5.03. The highest BCUT2D eigenvalue weighted by Crippen LogP contribution is 2.81. The normalized spacial score (nSPS) is 44.6. The average Bonchev–Trinajstić information content (AvgIpc) is 1.00. The summed E-state index contributed by atoms with van der Waals surface area (Å²) in [6, 6.07) is -0.175. The molecule has 0 aromatic carbocycles. The summed E-state index contributed by atoms with van der Waals surface area (Å²) in [7, 11) is 0. The Morgan fingerprint density at radius 3 is 1.06 bits per heavy atom. The topological polar surface area (TPSA) is 387 Å². The van der Waals surface area contributed by atoms with Gasteiger partial charge in [0, 0.05) is 49.1 Å². The molecule has 9 saturated carbocycles. The van der Waals surface area contributed by atoms with Crippen LogP contribution in [0.5, 0.6) is 0 Å². The molecule has 3 saturated heterocycles. The van der Waals surface area contributed by atoms with Crippen LogP contribution in [0.25, 0.3) is 0 Å². The van der Waals surface area contributed by atoms with Gasteiger partial charge in [-0.2, -0.15) is 10.0 Å². The highest BCUT2D eigenvalue weighted by atomic mass is 16.5. The van der Waals surface area contributed by atoms with Crippen molar-refractivity contribution in [1.29, 1.82) is 0 Å². The van der Waals surface area contributed by atoms with E-state index in [-0.39, 0.29) is 135 Å². The number of fused-ring (bicyclic) bond motifs is 9. The van der Waals surface area contributed by atoms with E-state index in [4.69, 9.17) is 50.7 Å². The lowest BCUT2D eigenvalue weighted by Crippen LogP contribution is -2.69. The zero-order chi connectivity index (χ0) is 105. The average molecular weight is 1980 g/mol. The van der Waals surface area contributed by atoms with E-state index in [9.17, 15) is 29.7 Å². The number of allylic oxidation sites excluding steroid dienone is 3. The number of hydrogen-bond acceptors (Lipinski definition) is 21. The van der Waals surface area contributed by atoms with E-state index < -0.39 is 40.8 Å². The van der Waals surface area contributed by atoms with Crippen molar-refractivity contribution in [2.75, 3.05) is 59.5 Å². The van der Waals surface area contributed by atoms with E-state index in [1.54, 1.807) is 12.5 Å². The molecule has 18 rings (SSSR count). The fourth-order valence-electron chi connectivity index (χ4n) is 36.1. The number of aromatic nitrogens is 12. The maximum absolute atomic E-state index is 13.4. The Balaban J connectivity index is 0.000000156. The Bertz CT molecular complexity index is 5140. The number of rotatable bonds is 23. The van der Waals surface area contributed by atoms with E-state index in [0.717, 1.165) is 128 Å². The van der Waals surface area contributed by atoms with Gasteiger partial charge < -0.3 is 60.9 Å². The van der Waals surface area contributed by atoms with Crippen LogP contribution >= 0.6 is 0 Å². The minimum atomic E-state index is -0.621. The van der Waals surface area contributed by atoms with Gasteiger partial charge in [0.15, 0.2) is 11.6 Å². The lowest BCUT2D eigenvalue weighted by atomic mass is 9.34. The van der Waals surface area contributed by atoms with Crippen molar-refractivity contribution in [3.05, 3.63) is 52.4 Å². The van der Waals surface area contributed by atoms with Crippen molar-refractivity contribution in [2.45, 2.75) is 398 Å². The summed E-state index contributed by atoms with van der Waals surface area (Å²) in [6.45, 7) is 81.7. The molecule has 0 radical (unpaired) electrons. The lowest BCUT2D eigenvalue weighted by molar-refractivity contribution is -0.254. The second kappa shape index (κ2) is 38.1. The van der Waals surface area contributed by atoms with Crippen LogP contribution in [0.4, 0.5) is 0 Å². The minimum Gasteiger partial charge on any atom is -0.481 e. The third kappa shape index (κ3) is 16.9. The van der Waals surface area contributed by atoms with Gasteiger partial charge in [-0.15, -0.1) is 25.5 Å². The third-order valence-electron chi connectivity index (χ3n) is 47.5. The highest BCUT2D eigenvalue weighted by Gasteiger charge is 2.78. The zero-order valence-electron chi connectivity index (χ0n) is 94.3. The number of carbonyl (C=O) groups is 3. The van der Waals surface area contributed by atoms with Crippen molar-refractivity contribution in [3.8, 4) is 0 Å². The van der Waals surface area contributed by atoms with Crippen LogP contribution in [0.2, 0.25) is 0 Å². The number of ether oxygens (including phenoxy) is 6. The van der Waals surface area contributed by atoms with Crippen LogP contribution < -0.4 is 17.2 Å². The van der Waals surface area contributed by atoms with E-state index >= 15 is 0 Å². The molecule has 6 heterocycles. The Kier molecular flexibility index (Phi) is 29.7. The number of carboxylic acid groups (broad SMARTS) is 3. The largest absolute Gasteiger partial charge is 0.481 e. The van der Waals surface area contributed by atoms with E-state index in [1.165, 1.54) is 17.6 Å². The maximum atomic E-state index is 13.4. The molecule has 0 unspecified atom stereocenters. The van der Waals surface area contributed by atoms with Crippen LogP contribution in [-0.4, -0.2) is 189 Å². The monoisotopic (exact) mass is 1980 g/mol. The van der Waals surface area contributed by atoms with Crippen LogP contribution in [-0.2, 0) is 42.8 Å². The highest BCUT2D eigenvalue weighted by molar-refractivity contribution is 5.75. The summed E-state index contributed by atoms with van der Waals surface area (Å²) >= 11 is 0. The van der Waals surface area contributed by atoms with Gasteiger partial charge in [-0.25, -0.2) is 4.68 Å². The maximum Gasteiger partial charge on any atom is 0.307 e. The lowest BCUT2D eigenvalue weighted by Gasteiger charge is -2.71. The Morgan fingerprint density at radius 1 is 0.437 bits per heavy atom. The summed E-state index contributed by atoms with van der Waals surface area (Å²) in [4.78, 5) is 42.0. The molecular formula is C115H193N15O12. The van der Waals surface area contributed by atoms with Gasteiger partial charge >= 0.3 is 17.9 Å². The van der Waals surface area contributed by atoms with Crippen LogP contribution in [0.15, 0.2) is 34.9 Å². The number of aliphatic carboxylic acids is 3. The smallest absolute Gasteiger partial charge is 0.307 e. The predicted molar refractivity (Wildman–Crippen MR) is 553 cm³/mol. The minimum absolute atomic E-state index is 0.0221. The molecule has 3 aliphatic heterocycles. The number of aryl methyl sites for hydroxylation is 3. The van der Waals surface area contributed by atoms with Gasteiger partial charge in [-0.1, -0.05) is 234 Å². The Labute approximate surface area is 853 Å². The molecular weight excluding hydrogens is 1780 g/mol. The van der Waals surface area contributed by atoms with Crippen molar-refractivity contribution in [3.63, 3.8) is 0 Å². The van der Waals surface area contributed by atoms with Crippen LogP contribution in [0.1, 0.15) is 360 Å². The van der Waals surface area contributed by atoms with Gasteiger partial charge in [0.05, 0.1) is 102 Å². The van der Waals surface area contributed by atoms with E-state index in [0.29, 0.717) is 141 Å². The zero-order valence-corrected chi connectivity index (χ0v) is 94.3. The molecule has 3 aromatic heterocycles. The van der Waals surface area contributed by atoms with Crippen LogP contribution in [0, 0.1) is 214 Å². The first kappa shape index (κ1) is 111. The SMILES string of the molecule is CC(C)[C@@H](C)[C@@]1(C)CC[C@]2(C)[C@H]3CC[C@@H]4[C@@]5(COC[C@]4(C)[C@@H](OC[C@](C)(N)C(C)C)[C@H](C)C5)C3=CC[C@@]2(C)[C@@H]1C(=O)O.Cc1nn[nH]n1.Cc1nnn([C@@H]2C[C@@]34COC[C@@](C)([C@@H]3CC[C@H]3C4=CC[C@@]4(C)[C@H](C(=O)O)[C@@](C)([C@H](C)C(C)C)CC[C@]34C)[C@H]2OC[C@](C)(N)C(C)C)n1.Cc1nnnn1[C@@H]1C[C@@]23COC[C@@](C)([C@@H]2CC[C@H]2C3=CC[C@@]3(C)[C@H](C(=O)O)[C@@](C)([C@H](C)C(C)C)CC[C@]23C)[C@H]1OC[C@](C)(N)C(C)C. The predicted octanol–water partition coefficient (Wildman–Crippen LogP) is 21.2. The van der Waals surface area contributed by atoms with E-state index in [2.05, 4.69) is 279 Å². The molecule has 800 valence electrons. The number of hydrogen-bond donors (Lipinski definition) is 7. The number of nitrogens with one attached hydrogen (secondary N) is 1. The summed E-state index contributed by atoms with van der Waals surface area (Å²) in [5.41, 5.74) is 20.6. The molecule has 27 heteroatoms. The van der Waals surface area contributed by atoms with Gasteiger partial charge in [0.2, 0.25) is 0 Å². The standard InChI is InChI=1S/2C38H63N5O4.C37H63NO4.C2H4N4/c1-22(2)24(5)33(7)16-17-35(9)26-12-13-29-34(8)19-46-21-38(29,27(26)14-15-36(35,10)30(33)32(44)45)18-28(43-25(6)40-41-42-43)31(34)47-20-37(11,39)23(3)4;1-22(2)24(5)33(7)16-17-35(9)26-12-13-29-34(8)19-46-21-38(29,27(26)14-15-36(35,10)30(33)32(44)45)18-28(43-41-25(6)40-42-43)31(34)47-20-37(11,39)23(3)4;1-22(2)25(6)32(7)16-17-34(9)26-12-13-28-33(8)19-41-21-37(28,27(26)14-15-35(34,10)29(32)31(39)40)18-24(5)30(33)42-20-36(11,38)23(3)4;1-2-3-5-6-4-2/h2*14,22-24,26,28-31H,12-13,15-21,39H2,1-11H3,(H,44,45);14,22-26,28-30H,12-13,15-21,38H2,1-11H3,(H,39,40);1H3,(H,3,4,5,6)/t2*24-,26+,28-,29+,30-,31+,33-,34+,35-,36+,37+,38+;24-,25-,26+,28+,29-,30+,32-,33+,34-,35+,36+,37+;/m111./s1. The fourth-order valence-corrected chi connectivity index (χ4v) is 36.1. The number of nitrogens with two attached hydrogens (primary N) is 3. The third-order valence-corrected chi connectivity index (χ3v) is 47.5. The van der Waals surface area contributed by atoms with Gasteiger partial charge in [0.1, 0.15) is 11.9 Å². The number of H-pyrrole nitrogens is 1. The van der Waals surface area contributed by atoms with Crippen molar-refractivity contribution < 1.29 is 58.1 Å².